The minimum Gasteiger partial charge on any atom is -0.542 e. The number of carbonyl (C=O) groups is 4. The van der Waals surface area contributed by atoms with Crippen LogP contribution in [-0.2, 0) is 30.0 Å². The van der Waals surface area contributed by atoms with Crippen LogP contribution in [0.2, 0.25) is 0 Å². The average molecular weight is 1020 g/mol. The van der Waals surface area contributed by atoms with Crippen molar-refractivity contribution in [3.8, 4) is 5.75 Å². The summed E-state index contributed by atoms with van der Waals surface area (Å²) in [6, 6.07) is 26.6. The lowest BCUT2D eigenvalue weighted by molar-refractivity contribution is -0.889. The lowest BCUT2D eigenvalue weighted by Gasteiger charge is -2.37. The molecule has 1 unspecified atom stereocenters. The second-order valence-corrected chi connectivity index (χ2v) is 19.5. The Labute approximate surface area is 415 Å². The van der Waals surface area contributed by atoms with E-state index in [4.69, 9.17) is 41.2 Å². The van der Waals surface area contributed by atoms with Crippen LogP contribution in [0, 0.1) is 5.92 Å². The zero-order valence-electron chi connectivity index (χ0n) is 40.6. The number of alkyl halides is 6. The summed E-state index contributed by atoms with van der Waals surface area (Å²) in [5.41, 5.74) is 11.9. The van der Waals surface area contributed by atoms with Gasteiger partial charge < -0.3 is 39.0 Å². The molecule has 0 radical (unpaired) electrons. The summed E-state index contributed by atoms with van der Waals surface area (Å²) in [5, 5.41) is 27.6. The molecule has 1 N–H and O–H groups in total. The van der Waals surface area contributed by atoms with Crippen molar-refractivity contribution in [2.45, 2.75) is 102 Å². The van der Waals surface area contributed by atoms with Gasteiger partial charge in [0.05, 0.1) is 37.7 Å². The molecule has 18 heteroatoms. The highest BCUT2D eigenvalue weighted by Gasteiger charge is 2.44. The van der Waals surface area contributed by atoms with Gasteiger partial charge in [0.1, 0.15) is 30.8 Å². The quantitative estimate of drug-likeness (QED) is 0.0282. The number of carbonyl (C=O) groups excluding carboxylic acids is 3. The van der Waals surface area contributed by atoms with E-state index in [9.17, 15) is 35.9 Å². The molecular formula is C53H60ClF6N3O8. The maximum absolute atomic E-state index is 12.4. The van der Waals surface area contributed by atoms with E-state index < -0.39 is 30.3 Å². The van der Waals surface area contributed by atoms with Crippen LogP contribution in [-0.4, -0.2) is 96.4 Å². The molecule has 0 amide bonds. The van der Waals surface area contributed by atoms with Crippen LogP contribution in [0.25, 0.3) is 0 Å². The van der Waals surface area contributed by atoms with Crippen molar-refractivity contribution >= 4 is 52.6 Å². The first-order chi connectivity index (χ1) is 33.1. The first kappa shape index (κ1) is 57.4. The van der Waals surface area contributed by atoms with E-state index >= 15 is 0 Å². The number of carboxylic acid groups (broad SMARTS) is 3. The van der Waals surface area contributed by atoms with Gasteiger partial charge in [0.15, 0.2) is 5.71 Å². The summed E-state index contributed by atoms with van der Waals surface area (Å²) >= 11 is 7.39. The zero-order valence-corrected chi connectivity index (χ0v) is 41.3. The van der Waals surface area contributed by atoms with E-state index in [1.807, 2.05) is 30.3 Å². The Balaban J connectivity index is 0.000000683. The molecule has 3 aromatic rings. The van der Waals surface area contributed by atoms with Crippen molar-refractivity contribution in [3.63, 3.8) is 0 Å². The largest absolute Gasteiger partial charge is 0.542 e. The fraction of sp³-hybridized carbons (Fsp3) is 0.434. The van der Waals surface area contributed by atoms with Gasteiger partial charge in [-0.3, -0.25) is 9.59 Å². The van der Waals surface area contributed by atoms with Crippen molar-refractivity contribution in [2.75, 3.05) is 45.2 Å². The number of esters is 1. The van der Waals surface area contributed by atoms with Gasteiger partial charge in [0, 0.05) is 65.2 Å². The van der Waals surface area contributed by atoms with E-state index in [0.717, 1.165) is 79.1 Å². The van der Waals surface area contributed by atoms with Gasteiger partial charge in [-0.05, 0) is 89.3 Å². The van der Waals surface area contributed by atoms with Crippen LogP contribution < -0.4 is 19.8 Å². The second kappa shape index (κ2) is 24.3. The number of aliphatic carboxylic acids is 3. The number of allylic oxidation sites excluding steroid dienone is 1. The number of hydrogen-bond acceptors (Lipinski definition) is 8. The lowest BCUT2D eigenvalue weighted by atomic mass is 9.81. The predicted octanol–water partition coefficient (Wildman–Crippen LogP) is 9.06. The van der Waals surface area contributed by atoms with Gasteiger partial charge in [-0.15, -0.1) is 5.73 Å². The van der Waals surface area contributed by atoms with E-state index in [1.165, 1.54) is 28.2 Å². The fourth-order valence-electron chi connectivity index (χ4n) is 8.87. The molecule has 0 saturated heterocycles. The molecule has 0 saturated carbocycles. The number of quaternary nitrogens is 1. The smallest absolute Gasteiger partial charge is 0.430 e. The van der Waals surface area contributed by atoms with Crippen LogP contribution in [0.15, 0.2) is 119 Å². The molecular weight excluding hydrogens is 956 g/mol. The van der Waals surface area contributed by atoms with Crippen LogP contribution in [0.5, 0.6) is 5.75 Å². The third-order valence-corrected chi connectivity index (χ3v) is 12.8. The Morgan fingerprint density at radius 2 is 1.34 bits per heavy atom. The highest BCUT2D eigenvalue weighted by Crippen LogP contribution is 2.47. The molecule has 3 aliphatic heterocycles. The highest BCUT2D eigenvalue weighted by molar-refractivity contribution is 6.30. The Kier molecular flexibility index (Phi) is 19.7. The van der Waals surface area contributed by atoms with Crippen LogP contribution >= 0.6 is 11.6 Å². The number of hydrogen-bond donors (Lipinski definition) is 1. The summed E-state index contributed by atoms with van der Waals surface area (Å²) in [6.45, 7) is 12.5. The summed E-state index contributed by atoms with van der Waals surface area (Å²) in [6.07, 6.45) is 2.08. The Bertz CT molecular complexity index is 2540. The van der Waals surface area contributed by atoms with Gasteiger partial charge in [0.25, 0.3) is 0 Å². The summed E-state index contributed by atoms with van der Waals surface area (Å²) in [7, 11) is 4.54. The molecule has 71 heavy (non-hydrogen) atoms. The van der Waals surface area contributed by atoms with Gasteiger partial charge in [-0.2, -0.15) is 30.9 Å². The van der Waals surface area contributed by atoms with E-state index in [0.29, 0.717) is 18.6 Å². The number of benzene rings is 3. The third kappa shape index (κ3) is 15.9. The zero-order chi connectivity index (χ0) is 53.0. The summed E-state index contributed by atoms with van der Waals surface area (Å²) < 4.78 is 71.9. The van der Waals surface area contributed by atoms with Gasteiger partial charge in [-0.25, -0.2) is 0 Å². The number of ether oxygens (including phenoxy) is 1. The number of nitrogens with zero attached hydrogens (tertiary/aromatic N) is 3. The van der Waals surface area contributed by atoms with Crippen molar-refractivity contribution in [1.29, 1.82) is 0 Å². The Hall–Kier alpha value is -6.16. The van der Waals surface area contributed by atoms with Crippen molar-refractivity contribution < 1.29 is 74.6 Å². The molecule has 3 aliphatic rings. The van der Waals surface area contributed by atoms with Crippen LogP contribution in [0.1, 0.15) is 90.2 Å². The molecule has 6 rings (SSSR count). The molecule has 1 atom stereocenters. The Morgan fingerprint density at radius 1 is 0.789 bits per heavy atom. The molecule has 0 aliphatic carbocycles. The number of likely N-dealkylation sites (N-methyl/N-ethyl adjacent to an activating group) is 1. The van der Waals surface area contributed by atoms with Gasteiger partial charge >= 0.3 is 24.3 Å². The van der Waals surface area contributed by atoms with E-state index in [1.54, 1.807) is 0 Å². The van der Waals surface area contributed by atoms with Crippen molar-refractivity contribution in [1.82, 2.24) is 0 Å². The van der Waals surface area contributed by atoms with E-state index in [2.05, 4.69) is 124 Å². The number of fused-ring (bicyclic) bond motifs is 2. The molecule has 0 fully saturated rings. The van der Waals surface area contributed by atoms with Gasteiger partial charge in [0.2, 0.25) is 5.69 Å². The number of carboxylic acids is 3. The van der Waals surface area contributed by atoms with Crippen molar-refractivity contribution in [3.05, 3.63) is 130 Å². The number of para-hydroxylation sites is 3. The maximum Gasteiger partial charge on any atom is 0.430 e. The SMILES string of the molecule is CC1(C)C(=C=CC2C[N+](C)(C)CC(/C=C/C3=[N+](CCCCCC(=O)Oc4ccccc4)c4ccccc4C3(C)C)=C2Cl)N(CCCCCC(=O)O)c2ccccc21.O=C([O-])C(F)(F)F.O=C([O-])C(F)(F)F. The third-order valence-electron chi connectivity index (χ3n) is 12.3. The van der Waals surface area contributed by atoms with Crippen molar-refractivity contribution in [2.24, 2.45) is 5.92 Å². The molecule has 3 heterocycles. The molecule has 3 aromatic carbocycles. The fourth-order valence-corrected chi connectivity index (χ4v) is 9.13. The minimum absolute atomic E-state index is 0.00275. The molecule has 0 aromatic heterocycles. The lowest BCUT2D eigenvalue weighted by Crippen LogP contribution is -2.47. The predicted molar refractivity (Wildman–Crippen MR) is 254 cm³/mol. The van der Waals surface area contributed by atoms with E-state index in [-0.39, 0.29) is 29.1 Å². The maximum atomic E-state index is 12.4. The molecule has 11 nitrogen and oxygen atoms in total. The summed E-state index contributed by atoms with van der Waals surface area (Å²) in [4.78, 5) is 43.5. The van der Waals surface area contributed by atoms with Crippen LogP contribution in [0.3, 0.4) is 0 Å². The number of rotatable bonds is 16. The summed E-state index contributed by atoms with van der Waals surface area (Å²) in [5.74, 6) is -6.35. The highest BCUT2D eigenvalue weighted by atomic mass is 35.5. The van der Waals surface area contributed by atoms with Crippen LogP contribution in [0.4, 0.5) is 37.7 Å². The average Bonchev–Trinajstić information content (AvgIpc) is 3.63. The number of unbranched alkanes of at least 4 members (excludes halogenated alkanes) is 4. The standard InChI is InChI=1S/C49H59ClN3O4.2C2HF3O2/c1-48(2)39-22-14-16-24-41(39)51(32-18-8-12-26-45(54)55)43(48)30-28-36-34-53(5,6)35-37(47(36)50)29-31-44-49(3,4)40-23-15-17-25-42(40)52(44)33-19-9-13-27-46(56)57-38-20-10-7-11-21-38;2*3-2(4,5)1(6)7/h7,10-11,14-17,20-25,28-29,31,36H,8-9,12-13,18-19,26-27,32-35H2,1-6H3;2*(H,6,7)/q+1;;/p-1/b31-29+;;. The molecule has 384 valence electrons. The molecule has 0 bridgehead atoms. The van der Waals surface area contributed by atoms with Gasteiger partial charge in [-0.1, -0.05) is 72.6 Å². The second-order valence-electron chi connectivity index (χ2n) is 19.1. The Morgan fingerprint density at radius 3 is 1.94 bits per heavy atom. The molecule has 0 spiro atoms. The monoisotopic (exact) mass is 1020 g/mol. The first-order valence-corrected chi connectivity index (χ1v) is 23.5. The topological polar surface area (TPSA) is 150 Å². The normalized spacial score (nSPS) is 17.6. The minimum atomic E-state index is -5.19. The first-order valence-electron chi connectivity index (χ1n) is 23.1. The number of halogens is 7. The number of anilines is 1.